The Hall–Kier alpha value is 0.134. The highest BCUT2D eigenvalue weighted by Gasteiger charge is 2.48. The molecule has 0 radical (unpaired) electrons. The number of esters is 1. The first-order chi connectivity index (χ1) is 9.44. The van der Waals surface area contributed by atoms with E-state index in [-0.39, 0.29) is 30.7 Å². The molecule has 0 aromatic carbocycles. The van der Waals surface area contributed by atoms with Crippen molar-refractivity contribution in [3.63, 3.8) is 0 Å². The summed E-state index contributed by atoms with van der Waals surface area (Å²) < 4.78 is 22.6. The van der Waals surface area contributed by atoms with Gasteiger partial charge in [-0.3, -0.25) is 0 Å². The van der Waals surface area contributed by atoms with Crippen LogP contribution in [0.3, 0.4) is 0 Å². The maximum Gasteiger partial charge on any atom is 0.337 e. The monoisotopic (exact) mass is 352 g/mol. The van der Waals surface area contributed by atoms with Crippen LogP contribution in [0.15, 0.2) is 0 Å². The minimum Gasteiger partial charge on any atom is -0.458 e. The van der Waals surface area contributed by atoms with Gasteiger partial charge in [-0.05, 0) is 52.2 Å². The molecule has 8 heteroatoms. The first-order valence-corrected chi connectivity index (χ1v) is 14.5. The smallest absolute Gasteiger partial charge is 0.337 e. The van der Waals surface area contributed by atoms with Crippen LogP contribution < -0.4 is 0 Å². The van der Waals surface area contributed by atoms with Crippen molar-refractivity contribution in [3.8, 4) is 0 Å². The lowest BCUT2D eigenvalue weighted by Gasteiger charge is -2.43. The first kappa shape index (κ1) is 19.2. The molecule has 0 amide bonds. The van der Waals surface area contributed by atoms with Crippen molar-refractivity contribution in [1.82, 2.24) is 0 Å². The molecule has 21 heavy (non-hydrogen) atoms. The standard InChI is InChI=1S/C13H28O5SSi2/c1-9-10(8-15-19)16-13(14)12(18-21(5,6)7)11(9)17-20(2,3)4/h9-12,19H,8H2,1-7H3/t9-,10-,11+,12-/m1/s1. The predicted octanol–water partition coefficient (Wildman–Crippen LogP) is 2.85. The van der Waals surface area contributed by atoms with Crippen LogP contribution >= 0.6 is 12.9 Å². The lowest BCUT2D eigenvalue weighted by atomic mass is 9.91. The van der Waals surface area contributed by atoms with Crippen molar-refractivity contribution in [2.24, 2.45) is 5.92 Å². The molecule has 0 aromatic rings. The fourth-order valence-electron chi connectivity index (χ4n) is 2.28. The number of carbonyl (C=O) groups is 1. The third-order valence-electron chi connectivity index (χ3n) is 3.11. The van der Waals surface area contributed by atoms with Gasteiger partial charge in [0.2, 0.25) is 0 Å². The van der Waals surface area contributed by atoms with E-state index in [0.717, 1.165) is 0 Å². The van der Waals surface area contributed by atoms with Crippen LogP contribution in [0.2, 0.25) is 39.3 Å². The Bertz CT molecular complexity index is 367. The molecule has 5 nitrogen and oxygen atoms in total. The Morgan fingerprint density at radius 1 is 1.10 bits per heavy atom. The van der Waals surface area contributed by atoms with E-state index in [4.69, 9.17) is 17.8 Å². The molecule has 0 aliphatic carbocycles. The van der Waals surface area contributed by atoms with Gasteiger partial charge in [-0.25, -0.2) is 4.79 Å². The number of hydrogen-bond acceptors (Lipinski definition) is 6. The Balaban J connectivity index is 3.00. The van der Waals surface area contributed by atoms with E-state index in [0.29, 0.717) is 0 Å². The van der Waals surface area contributed by atoms with Gasteiger partial charge < -0.3 is 17.8 Å². The molecule has 0 N–H and O–H groups in total. The summed E-state index contributed by atoms with van der Waals surface area (Å²) in [6, 6.07) is 0. The molecule has 0 saturated carbocycles. The van der Waals surface area contributed by atoms with Crippen molar-refractivity contribution in [2.75, 3.05) is 6.61 Å². The van der Waals surface area contributed by atoms with E-state index >= 15 is 0 Å². The molecular formula is C13H28O5SSi2. The largest absolute Gasteiger partial charge is 0.458 e. The molecule has 0 unspecified atom stereocenters. The summed E-state index contributed by atoms with van der Waals surface area (Å²) in [6.45, 7) is 14.7. The molecule has 1 heterocycles. The maximum absolute atomic E-state index is 12.3. The highest BCUT2D eigenvalue weighted by molar-refractivity contribution is 7.75. The van der Waals surface area contributed by atoms with Crippen LogP contribution in [-0.4, -0.2) is 47.5 Å². The third-order valence-corrected chi connectivity index (χ3v) is 5.20. The normalized spacial score (nSPS) is 31.1. The second-order valence-corrected chi connectivity index (χ2v) is 16.7. The van der Waals surface area contributed by atoms with Gasteiger partial charge in [-0.1, -0.05) is 6.92 Å². The van der Waals surface area contributed by atoms with Gasteiger partial charge in [-0.2, -0.15) is 0 Å². The molecule has 1 aliphatic heterocycles. The zero-order chi connectivity index (χ0) is 16.4. The Morgan fingerprint density at radius 3 is 2.05 bits per heavy atom. The van der Waals surface area contributed by atoms with Crippen LogP contribution in [0, 0.1) is 5.92 Å². The van der Waals surface area contributed by atoms with Crippen molar-refractivity contribution in [3.05, 3.63) is 0 Å². The van der Waals surface area contributed by atoms with Gasteiger partial charge in [0, 0.05) is 5.92 Å². The summed E-state index contributed by atoms with van der Waals surface area (Å²) in [5.74, 6) is -0.350. The molecule has 1 fully saturated rings. The quantitative estimate of drug-likeness (QED) is 0.345. The molecular weight excluding hydrogens is 324 g/mol. The fourth-order valence-corrected chi connectivity index (χ4v) is 4.57. The second kappa shape index (κ2) is 7.14. The topological polar surface area (TPSA) is 54.0 Å². The molecule has 124 valence electrons. The number of rotatable bonds is 6. The summed E-state index contributed by atoms with van der Waals surface area (Å²) >= 11 is 3.76. The summed E-state index contributed by atoms with van der Waals surface area (Å²) in [5, 5.41) is 0. The van der Waals surface area contributed by atoms with Crippen LogP contribution in [0.25, 0.3) is 0 Å². The maximum atomic E-state index is 12.3. The molecule has 0 bridgehead atoms. The molecule has 1 rings (SSSR count). The van der Waals surface area contributed by atoms with Gasteiger partial charge in [-0.15, -0.1) is 0 Å². The van der Waals surface area contributed by atoms with Crippen molar-refractivity contribution in [1.29, 1.82) is 0 Å². The summed E-state index contributed by atoms with van der Waals surface area (Å²) in [7, 11) is -3.70. The molecule has 0 aromatic heterocycles. The number of ether oxygens (including phenoxy) is 1. The van der Waals surface area contributed by atoms with E-state index in [1.807, 2.05) is 6.92 Å². The molecule has 0 spiro atoms. The number of cyclic esters (lactones) is 1. The summed E-state index contributed by atoms with van der Waals surface area (Å²) in [5.41, 5.74) is 0. The van der Waals surface area contributed by atoms with Gasteiger partial charge in [0.15, 0.2) is 22.7 Å². The number of carbonyl (C=O) groups excluding carboxylic acids is 1. The van der Waals surface area contributed by atoms with E-state index in [1.54, 1.807) is 0 Å². The highest BCUT2D eigenvalue weighted by Crippen LogP contribution is 2.31. The fraction of sp³-hybridized carbons (Fsp3) is 0.923. The zero-order valence-corrected chi connectivity index (χ0v) is 16.9. The predicted molar refractivity (Wildman–Crippen MR) is 90.4 cm³/mol. The minimum absolute atomic E-state index is 0.00271. The van der Waals surface area contributed by atoms with Gasteiger partial charge in [0.25, 0.3) is 0 Å². The third kappa shape index (κ3) is 6.03. The van der Waals surface area contributed by atoms with Gasteiger partial charge in [0.1, 0.15) is 6.10 Å². The van der Waals surface area contributed by atoms with E-state index < -0.39 is 22.7 Å². The summed E-state index contributed by atoms with van der Waals surface area (Å²) in [6.07, 6.45) is -1.29. The average molecular weight is 353 g/mol. The lowest BCUT2D eigenvalue weighted by Crippen LogP contribution is -2.59. The second-order valence-electron chi connectivity index (χ2n) is 7.48. The SMILES string of the molecule is C[C@H]1[C@H](O[Si](C)(C)C)[C@@H](O[Si](C)(C)C)C(=O)O[C@@H]1COS. The van der Waals surface area contributed by atoms with E-state index in [1.165, 1.54) is 0 Å². The Morgan fingerprint density at radius 2 is 1.62 bits per heavy atom. The number of hydrogen-bond donors (Lipinski definition) is 1. The summed E-state index contributed by atoms with van der Waals surface area (Å²) in [4.78, 5) is 12.3. The van der Waals surface area contributed by atoms with Crippen molar-refractivity contribution in [2.45, 2.75) is 64.5 Å². The lowest BCUT2D eigenvalue weighted by molar-refractivity contribution is -0.187. The zero-order valence-electron chi connectivity index (χ0n) is 14.0. The minimum atomic E-state index is -1.89. The number of thiol groups is 1. The van der Waals surface area contributed by atoms with E-state index in [2.05, 4.69) is 52.2 Å². The van der Waals surface area contributed by atoms with Crippen molar-refractivity contribution < 1.29 is 22.6 Å². The highest BCUT2D eigenvalue weighted by atomic mass is 32.1. The van der Waals surface area contributed by atoms with E-state index in [9.17, 15) is 4.79 Å². The van der Waals surface area contributed by atoms with Gasteiger partial charge >= 0.3 is 5.97 Å². The van der Waals surface area contributed by atoms with Crippen LogP contribution in [-0.2, 0) is 22.6 Å². The average Bonchev–Trinajstić information content (AvgIpc) is 2.27. The first-order valence-electron chi connectivity index (χ1n) is 7.27. The molecule has 4 atom stereocenters. The molecule has 1 aliphatic rings. The van der Waals surface area contributed by atoms with Gasteiger partial charge in [0.05, 0.1) is 12.7 Å². The van der Waals surface area contributed by atoms with Crippen molar-refractivity contribution >= 4 is 35.5 Å². The van der Waals surface area contributed by atoms with Crippen LogP contribution in [0.5, 0.6) is 0 Å². The van der Waals surface area contributed by atoms with Crippen LogP contribution in [0.1, 0.15) is 6.92 Å². The van der Waals surface area contributed by atoms with Crippen LogP contribution in [0.4, 0.5) is 0 Å². The Kier molecular flexibility index (Phi) is 6.52. The Labute approximate surface area is 135 Å². The molecule has 1 saturated heterocycles.